The number of halogens is 1. The Morgan fingerprint density at radius 2 is 2.00 bits per heavy atom. The number of pyridine rings is 2. The first-order chi connectivity index (χ1) is 16.3. The Morgan fingerprint density at radius 3 is 2.74 bits per heavy atom. The number of aryl methyl sites for hydroxylation is 1. The van der Waals surface area contributed by atoms with Gasteiger partial charge in [0, 0.05) is 22.6 Å². The molecule has 0 unspecified atom stereocenters. The van der Waals surface area contributed by atoms with Crippen LogP contribution in [-0.2, 0) is 34.7 Å². The van der Waals surface area contributed by atoms with Crippen LogP contribution in [0.2, 0.25) is 0 Å². The number of ether oxygens (including phenoxy) is 1. The van der Waals surface area contributed by atoms with Crippen LogP contribution in [0.5, 0.6) is 0 Å². The summed E-state index contributed by atoms with van der Waals surface area (Å²) >= 11 is 0. The topological polar surface area (TPSA) is 93.5 Å². The maximum absolute atomic E-state index is 14.5. The van der Waals surface area contributed by atoms with Crippen LogP contribution in [0.1, 0.15) is 54.5 Å². The van der Waals surface area contributed by atoms with Gasteiger partial charge in [-0.15, -0.1) is 0 Å². The molecule has 0 aliphatic carbocycles. The number of carbonyl (C=O) groups is 1. The lowest BCUT2D eigenvalue weighted by atomic mass is 9.86. The first-order valence-electron chi connectivity index (χ1n) is 11.8. The van der Waals surface area contributed by atoms with Crippen LogP contribution >= 0.6 is 0 Å². The number of hydrogen-bond donors (Lipinski definition) is 2. The van der Waals surface area contributed by atoms with Crippen LogP contribution in [0.25, 0.3) is 22.3 Å². The molecule has 3 aromatic rings. The second-order valence-electron chi connectivity index (χ2n) is 9.14. The molecule has 0 fully saturated rings. The van der Waals surface area contributed by atoms with Crippen molar-refractivity contribution >= 4 is 16.9 Å². The van der Waals surface area contributed by atoms with Gasteiger partial charge in [0.15, 0.2) is 5.60 Å². The van der Waals surface area contributed by atoms with Gasteiger partial charge >= 0.3 is 5.97 Å². The zero-order valence-electron chi connectivity index (χ0n) is 19.6. The van der Waals surface area contributed by atoms with Gasteiger partial charge in [-0.25, -0.2) is 14.2 Å². The number of nitrogens with one attached hydrogen (secondary N) is 1. The number of carbonyl (C=O) groups excluding carboxylic acids is 1. The van der Waals surface area contributed by atoms with Gasteiger partial charge in [0.05, 0.1) is 29.0 Å². The maximum atomic E-state index is 14.5. The molecule has 4 heterocycles. The molecule has 2 aromatic heterocycles. The lowest BCUT2D eigenvalue weighted by Gasteiger charge is -2.31. The van der Waals surface area contributed by atoms with Gasteiger partial charge in [0.2, 0.25) is 0 Å². The number of benzene rings is 1. The van der Waals surface area contributed by atoms with Crippen molar-refractivity contribution < 1.29 is 19.0 Å². The number of aromatic nitrogens is 2. The fourth-order valence-corrected chi connectivity index (χ4v) is 5.09. The van der Waals surface area contributed by atoms with Gasteiger partial charge in [-0.1, -0.05) is 13.8 Å². The zero-order valence-corrected chi connectivity index (χ0v) is 19.6. The molecule has 5 rings (SSSR count). The second-order valence-corrected chi connectivity index (χ2v) is 9.14. The molecule has 0 spiro atoms. The monoisotopic (exact) mass is 465 g/mol. The van der Waals surface area contributed by atoms with Crippen molar-refractivity contribution in [3.8, 4) is 11.4 Å². The fourth-order valence-electron chi connectivity index (χ4n) is 5.09. The first-order valence-corrected chi connectivity index (χ1v) is 11.8. The van der Waals surface area contributed by atoms with E-state index in [4.69, 9.17) is 9.72 Å². The highest BCUT2D eigenvalue weighted by atomic mass is 19.1. The molecule has 2 aliphatic rings. The molecule has 0 bridgehead atoms. The molecule has 0 radical (unpaired) electrons. The van der Waals surface area contributed by atoms with Gasteiger partial charge in [-0.05, 0) is 62.5 Å². The van der Waals surface area contributed by atoms with E-state index in [0.29, 0.717) is 35.4 Å². The largest absolute Gasteiger partial charge is 0.458 e. The SMILES string of the molecule is CCCNCCc1c2c(nc3cc(F)c(C)cc13)-c1cc3c(c(=O)n1C2)COC(=O)[C@]3(O)CC. The lowest BCUT2D eigenvalue weighted by molar-refractivity contribution is -0.172. The highest BCUT2D eigenvalue weighted by Gasteiger charge is 2.45. The number of esters is 1. The molecule has 2 aliphatic heterocycles. The Balaban J connectivity index is 1.74. The van der Waals surface area contributed by atoms with Crippen LogP contribution in [0.4, 0.5) is 4.39 Å². The number of cyclic esters (lactones) is 1. The number of rotatable bonds is 6. The van der Waals surface area contributed by atoms with Gasteiger partial charge < -0.3 is 19.7 Å². The van der Waals surface area contributed by atoms with Crippen LogP contribution in [0.3, 0.4) is 0 Å². The Morgan fingerprint density at radius 1 is 1.21 bits per heavy atom. The third-order valence-corrected chi connectivity index (χ3v) is 7.06. The Labute approximate surface area is 196 Å². The molecular formula is C26H28FN3O4. The predicted octanol–water partition coefficient (Wildman–Crippen LogP) is 3.07. The third-order valence-electron chi connectivity index (χ3n) is 7.06. The third kappa shape index (κ3) is 3.27. The maximum Gasteiger partial charge on any atom is 0.343 e. The standard InChI is InChI=1S/C26H28FN3O4/c1-4-7-28-8-6-15-16-9-14(3)20(27)11-21(16)29-23-17(15)12-30-22(23)10-19-18(24(30)31)13-34-25(32)26(19,33)5-2/h9-11,28,33H,4-8,12-13H2,1-3H3/t26-/m0/s1. The van der Waals surface area contributed by atoms with Crippen molar-refractivity contribution in [3.05, 3.63) is 62.2 Å². The van der Waals surface area contributed by atoms with E-state index in [-0.39, 0.29) is 35.5 Å². The summed E-state index contributed by atoms with van der Waals surface area (Å²) in [6, 6.07) is 4.95. The average Bonchev–Trinajstić information content (AvgIpc) is 3.19. The minimum atomic E-state index is -1.88. The number of nitrogens with zero attached hydrogens (tertiary/aromatic N) is 2. The molecule has 1 aromatic carbocycles. The number of fused-ring (bicyclic) bond motifs is 5. The van der Waals surface area contributed by atoms with E-state index in [1.165, 1.54) is 6.07 Å². The second kappa shape index (κ2) is 8.29. The molecule has 1 atom stereocenters. The summed E-state index contributed by atoms with van der Waals surface area (Å²) in [4.78, 5) is 30.6. The molecule has 0 saturated carbocycles. The van der Waals surface area contributed by atoms with E-state index < -0.39 is 11.6 Å². The van der Waals surface area contributed by atoms with Gasteiger partial charge in [0.25, 0.3) is 5.56 Å². The van der Waals surface area contributed by atoms with E-state index in [0.717, 1.165) is 36.0 Å². The Bertz CT molecular complexity index is 1400. The highest BCUT2D eigenvalue weighted by Crippen LogP contribution is 2.40. The van der Waals surface area contributed by atoms with E-state index in [9.17, 15) is 19.1 Å². The molecule has 7 nitrogen and oxygen atoms in total. The van der Waals surface area contributed by atoms with Crippen molar-refractivity contribution in [1.29, 1.82) is 0 Å². The van der Waals surface area contributed by atoms with E-state index >= 15 is 0 Å². The summed E-state index contributed by atoms with van der Waals surface area (Å²) < 4.78 is 21.2. The summed E-state index contributed by atoms with van der Waals surface area (Å²) in [6.07, 6.45) is 1.81. The Hall–Kier alpha value is -3.10. The summed E-state index contributed by atoms with van der Waals surface area (Å²) in [7, 11) is 0. The molecule has 2 N–H and O–H groups in total. The van der Waals surface area contributed by atoms with E-state index in [1.54, 1.807) is 24.5 Å². The van der Waals surface area contributed by atoms with E-state index in [1.807, 2.05) is 6.07 Å². The molecule has 0 amide bonds. The van der Waals surface area contributed by atoms with Crippen molar-refractivity contribution in [2.45, 2.75) is 58.8 Å². The lowest BCUT2D eigenvalue weighted by Crippen LogP contribution is -2.44. The van der Waals surface area contributed by atoms with Gasteiger partial charge in [0.1, 0.15) is 12.4 Å². The normalized spacial score (nSPS) is 18.6. The smallest absolute Gasteiger partial charge is 0.343 e. The Kier molecular flexibility index (Phi) is 5.53. The van der Waals surface area contributed by atoms with Gasteiger partial charge in [-0.3, -0.25) is 4.79 Å². The summed E-state index contributed by atoms with van der Waals surface area (Å²) in [5.74, 6) is -1.09. The highest BCUT2D eigenvalue weighted by molar-refractivity contribution is 5.89. The van der Waals surface area contributed by atoms with Crippen LogP contribution in [-0.4, -0.2) is 33.7 Å². The molecule has 0 saturated heterocycles. The molecular weight excluding hydrogens is 437 g/mol. The number of aliphatic hydroxyl groups is 1. The van der Waals surface area contributed by atoms with Crippen molar-refractivity contribution in [1.82, 2.24) is 14.9 Å². The summed E-state index contributed by atoms with van der Waals surface area (Å²) in [6.45, 7) is 7.32. The molecule has 34 heavy (non-hydrogen) atoms. The van der Waals surface area contributed by atoms with Gasteiger partial charge in [-0.2, -0.15) is 0 Å². The summed E-state index contributed by atoms with van der Waals surface area (Å²) in [5.41, 5.74) is 2.54. The average molecular weight is 466 g/mol. The van der Waals surface area contributed by atoms with Crippen LogP contribution < -0.4 is 10.9 Å². The number of hydrogen-bond acceptors (Lipinski definition) is 6. The first kappa shape index (κ1) is 22.7. The van der Waals surface area contributed by atoms with Crippen molar-refractivity contribution in [2.24, 2.45) is 0 Å². The molecule has 8 heteroatoms. The predicted molar refractivity (Wildman–Crippen MR) is 126 cm³/mol. The zero-order chi connectivity index (χ0) is 24.2. The minimum absolute atomic E-state index is 0.0819. The molecule has 178 valence electrons. The fraction of sp³-hybridized carbons (Fsp3) is 0.423. The quantitative estimate of drug-likeness (QED) is 0.336. The summed E-state index contributed by atoms with van der Waals surface area (Å²) in [5, 5.41) is 15.4. The van der Waals surface area contributed by atoms with Crippen molar-refractivity contribution in [3.63, 3.8) is 0 Å². The minimum Gasteiger partial charge on any atom is -0.458 e. The van der Waals surface area contributed by atoms with E-state index in [2.05, 4.69) is 12.2 Å². The van der Waals surface area contributed by atoms with Crippen LogP contribution in [0, 0.1) is 12.7 Å². The van der Waals surface area contributed by atoms with Crippen LogP contribution in [0.15, 0.2) is 23.0 Å². The van der Waals surface area contributed by atoms with Crippen molar-refractivity contribution in [2.75, 3.05) is 13.1 Å².